The zero-order valence-corrected chi connectivity index (χ0v) is 13.6. The number of hydrogen-bond donors (Lipinski definition) is 1. The second kappa shape index (κ2) is 6.87. The molecular formula is C13H20N2O4S2. The Morgan fingerprint density at radius 1 is 1.52 bits per heavy atom. The molecule has 8 heteroatoms. The highest BCUT2D eigenvalue weighted by atomic mass is 32.2. The standard InChI is InChI=1S/C13H20N2O4S2/c1-2-19-10-4-3-7-15(9-10)12(16)8-11-5-6-13(20-11)21(14,17)18/h5-6,10H,2-4,7-9H2,1H3,(H2,14,17,18). The smallest absolute Gasteiger partial charge is 0.247 e. The summed E-state index contributed by atoms with van der Waals surface area (Å²) in [5.41, 5.74) is 0. The van der Waals surface area contributed by atoms with Crippen LogP contribution < -0.4 is 5.14 Å². The number of likely N-dealkylation sites (tertiary alicyclic amines) is 1. The van der Waals surface area contributed by atoms with Gasteiger partial charge in [-0.25, -0.2) is 13.6 Å². The number of sulfonamides is 1. The molecule has 0 aliphatic carbocycles. The van der Waals surface area contributed by atoms with Crippen molar-refractivity contribution in [1.82, 2.24) is 4.90 Å². The van der Waals surface area contributed by atoms with Gasteiger partial charge in [-0.2, -0.15) is 0 Å². The lowest BCUT2D eigenvalue weighted by atomic mass is 10.1. The van der Waals surface area contributed by atoms with Gasteiger partial charge in [-0.1, -0.05) is 0 Å². The molecule has 1 fully saturated rings. The predicted molar refractivity (Wildman–Crippen MR) is 80.6 cm³/mol. The van der Waals surface area contributed by atoms with E-state index >= 15 is 0 Å². The van der Waals surface area contributed by atoms with Gasteiger partial charge in [-0.15, -0.1) is 11.3 Å². The Labute approximate surface area is 128 Å². The molecule has 0 bridgehead atoms. The molecule has 1 aliphatic rings. The summed E-state index contributed by atoms with van der Waals surface area (Å²) in [5, 5.41) is 5.07. The molecule has 2 N–H and O–H groups in total. The van der Waals surface area contributed by atoms with E-state index in [0.29, 0.717) is 18.0 Å². The van der Waals surface area contributed by atoms with E-state index in [1.165, 1.54) is 6.07 Å². The molecule has 1 amide bonds. The van der Waals surface area contributed by atoms with Gasteiger partial charge < -0.3 is 9.64 Å². The molecule has 0 aromatic carbocycles. The molecule has 21 heavy (non-hydrogen) atoms. The third-order valence-corrected chi connectivity index (χ3v) is 5.90. The number of hydrogen-bond acceptors (Lipinski definition) is 5. The van der Waals surface area contributed by atoms with Crippen molar-refractivity contribution in [2.75, 3.05) is 19.7 Å². The van der Waals surface area contributed by atoms with Crippen molar-refractivity contribution < 1.29 is 17.9 Å². The van der Waals surface area contributed by atoms with Gasteiger partial charge in [0.25, 0.3) is 0 Å². The number of carbonyl (C=O) groups is 1. The maximum absolute atomic E-state index is 12.3. The highest BCUT2D eigenvalue weighted by molar-refractivity contribution is 7.91. The molecule has 0 saturated carbocycles. The third-order valence-electron chi connectivity index (χ3n) is 3.38. The SMILES string of the molecule is CCOC1CCCN(C(=O)Cc2ccc(S(N)(=O)=O)s2)C1. The molecule has 1 aliphatic heterocycles. The number of ether oxygens (including phenoxy) is 1. The first-order valence-corrected chi connectivity index (χ1v) is 9.27. The minimum atomic E-state index is -3.69. The lowest BCUT2D eigenvalue weighted by molar-refractivity contribution is -0.134. The van der Waals surface area contributed by atoms with Gasteiger partial charge in [-0.05, 0) is 31.9 Å². The zero-order chi connectivity index (χ0) is 15.5. The van der Waals surface area contributed by atoms with Crippen molar-refractivity contribution in [2.45, 2.75) is 36.5 Å². The predicted octanol–water partition coefficient (Wildman–Crippen LogP) is 0.966. The maximum Gasteiger partial charge on any atom is 0.247 e. The summed E-state index contributed by atoms with van der Waals surface area (Å²) in [6, 6.07) is 3.09. The Hall–Kier alpha value is -0.960. The van der Waals surface area contributed by atoms with Gasteiger partial charge in [0.2, 0.25) is 15.9 Å². The summed E-state index contributed by atoms with van der Waals surface area (Å²) in [6.07, 6.45) is 2.23. The first kappa shape index (κ1) is 16.4. The molecule has 0 radical (unpaired) electrons. The third kappa shape index (κ3) is 4.50. The summed E-state index contributed by atoms with van der Waals surface area (Å²) >= 11 is 1.05. The normalized spacial score (nSPS) is 19.7. The Morgan fingerprint density at radius 2 is 2.29 bits per heavy atom. The molecule has 2 rings (SSSR count). The van der Waals surface area contributed by atoms with Gasteiger partial charge in [0, 0.05) is 24.6 Å². The number of thiophene rings is 1. The molecule has 6 nitrogen and oxygen atoms in total. The number of nitrogens with two attached hydrogens (primary N) is 1. The van der Waals surface area contributed by atoms with E-state index in [1.807, 2.05) is 6.92 Å². The Bertz CT molecular complexity index is 595. The Balaban J connectivity index is 1.96. The van der Waals surface area contributed by atoms with Crippen molar-refractivity contribution >= 4 is 27.3 Å². The largest absolute Gasteiger partial charge is 0.377 e. The fourth-order valence-corrected chi connectivity index (χ4v) is 4.17. The molecule has 1 aromatic heterocycles. The second-order valence-corrected chi connectivity index (χ2v) is 7.96. The quantitative estimate of drug-likeness (QED) is 0.870. The monoisotopic (exact) mass is 332 g/mol. The van der Waals surface area contributed by atoms with E-state index in [4.69, 9.17) is 9.88 Å². The van der Waals surface area contributed by atoms with Crippen molar-refractivity contribution in [3.05, 3.63) is 17.0 Å². The van der Waals surface area contributed by atoms with E-state index in [-0.39, 0.29) is 22.6 Å². The number of piperidine rings is 1. The lowest BCUT2D eigenvalue weighted by Gasteiger charge is -2.32. The van der Waals surface area contributed by atoms with Crippen LogP contribution in [0, 0.1) is 0 Å². The van der Waals surface area contributed by atoms with Crippen molar-refractivity contribution in [2.24, 2.45) is 5.14 Å². The minimum Gasteiger partial charge on any atom is -0.377 e. The van der Waals surface area contributed by atoms with Crippen LogP contribution in [-0.2, 0) is 26.0 Å². The Kier molecular flexibility index (Phi) is 5.37. The minimum absolute atomic E-state index is 0.00206. The fourth-order valence-electron chi connectivity index (χ4n) is 2.40. The molecule has 1 saturated heterocycles. The number of primary sulfonamides is 1. The molecule has 1 aromatic rings. The summed E-state index contributed by atoms with van der Waals surface area (Å²) in [6.45, 7) is 3.94. The van der Waals surface area contributed by atoms with Gasteiger partial charge in [0.05, 0.1) is 12.5 Å². The molecule has 1 unspecified atom stereocenters. The van der Waals surface area contributed by atoms with Crippen LogP contribution in [0.4, 0.5) is 0 Å². The van der Waals surface area contributed by atoms with Gasteiger partial charge in [0.1, 0.15) is 4.21 Å². The molecule has 118 valence electrons. The van der Waals surface area contributed by atoms with E-state index in [1.54, 1.807) is 11.0 Å². The van der Waals surface area contributed by atoms with Crippen LogP contribution in [0.1, 0.15) is 24.6 Å². The average molecular weight is 332 g/mol. The molecular weight excluding hydrogens is 312 g/mol. The number of rotatable bonds is 5. The van der Waals surface area contributed by atoms with Crippen molar-refractivity contribution in [3.8, 4) is 0 Å². The summed E-state index contributed by atoms with van der Waals surface area (Å²) < 4.78 is 28.1. The number of amides is 1. The van der Waals surface area contributed by atoms with Crippen LogP contribution in [0.5, 0.6) is 0 Å². The van der Waals surface area contributed by atoms with Gasteiger partial charge in [-0.3, -0.25) is 4.79 Å². The van der Waals surface area contributed by atoms with E-state index in [2.05, 4.69) is 0 Å². The highest BCUT2D eigenvalue weighted by Gasteiger charge is 2.24. The Morgan fingerprint density at radius 3 is 2.90 bits per heavy atom. The van der Waals surface area contributed by atoms with Gasteiger partial charge >= 0.3 is 0 Å². The van der Waals surface area contributed by atoms with Crippen LogP contribution in [0.3, 0.4) is 0 Å². The van der Waals surface area contributed by atoms with Crippen LogP contribution in [0.25, 0.3) is 0 Å². The summed E-state index contributed by atoms with van der Waals surface area (Å²) in [5.74, 6) is 0.00206. The van der Waals surface area contributed by atoms with Crippen LogP contribution in [0.15, 0.2) is 16.3 Å². The summed E-state index contributed by atoms with van der Waals surface area (Å²) in [4.78, 5) is 14.8. The van der Waals surface area contributed by atoms with E-state index in [9.17, 15) is 13.2 Å². The van der Waals surface area contributed by atoms with Crippen LogP contribution in [0.2, 0.25) is 0 Å². The summed E-state index contributed by atoms with van der Waals surface area (Å²) in [7, 11) is -3.69. The molecule has 0 spiro atoms. The van der Waals surface area contributed by atoms with Crippen molar-refractivity contribution in [3.63, 3.8) is 0 Å². The van der Waals surface area contributed by atoms with Crippen molar-refractivity contribution in [1.29, 1.82) is 0 Å². The first-order chi connectivity index (χ1) is 9.90. The molecule has 1 atom stereocenters. The van der Waals surface area contributed by atoms with Crippen LogP contribution in [-0.4, -0.2) is 45.0 Å². The van der Waals surface area contributed by atoms with Crippen LogP contribution >= 0.6 is 11.3 Å². The second-order valence-electron chi connectivity index (χ2n) is 5.00. The van der Waals surface area contributed by atoms with E-state index in [0.717, 1.165) is 30.7 Å². The lowest BCUT2D eigenvalue weighted by Crippen LogP contribution is -2.43. The topological polar surface area (TPSA) is 89.7 Å². The molecule has 2 heterocycles. The maximum atomic E-state index is 12.3. The number of carbonyl (C=O) groups excluding carboxylic acids is 1. The first-order valence-electron chi connectivity index (χ1n) is 6.91. The average Bonchev–Trinajstić information content (AvgIpc) is 2.88. The highest BCUT2D eigenvalue weighted by Crippen LogP contribution is 2.22. The van der Waals surface area contributed by atoms with E-state index < -0.39 is 10.0 Å². The fraction of sp³-hybridized carbons (Fsp3) is 0.615. The van der Waals surface area contributed by atoms with Gasteiger partial charge in [0.15, 0.2) is 0 Å². The zero-order valence-electron chi connectivity index (χ0n) is 11.9. The number of nitrogens with zero attached hydrogens (tertiary/aromatic N) is 1.